The van der Waals surface area contributed by atoms with E-state index in [1.54, 1.807) is 24.3 Å². The Hall–Kier alpha value is -1.71. The molecule has 102 valence electrons. The third-order valence-corrected chi connectivity index (χ3v) is 5.31. The van der Waals surface area contributed by atoms with Crippen LogP contribution in [0.3, 0.4) is 0 Å². The van der Waals surface area contributed by atoms with Crippen molar-refractivity contribution >= 4 is 25.8 Å². The summed E-state index contributed by atoms with van der Waals surface area (Å²) in [5.74, 6) is -0.983. The Bertz CT molecular complexity index is 797. The summed E-state index contributed by atoms with van der Waals surface area (Å²) >= 11 is 3.18. The predicted molar refractivity (Wildman–Crippen MR) is 76.1 cm³/mol. The lowest BCUT2D eigenvalue weighted by Crippen LogP contribution is -2.06. The van der Waals surface area contributed by atoms with Crippen molar-refractivity contribution in [2.75, 3.05) is 0 Å². The summed E-state index contributed by atoms with van der Waals surface area (Å²) in [6.07, 6.45) is 0. The topological polar surface area (TPSA) is 57.9 Å². The van der Waals surface area contributed by atoms with E-state index in [-0.39, 0.29) is 21.8 Å². The van der Waals surface area contributed by atoms with Crippen LogP contribution in [-0.4, -0.2) is 8.42 Å². The molecule has 0 unspecified atom stereocenters. The van der Waals surface area contributed by atoms with E-state index < -0.39 is 15.7 Å². The van der Waals surface area contributed by atoms with Gasteiger partial charge in [-0.25, -0.2) is 12.8 Å². The van der Waals surface area contributed by atoms with Gasteiger partial charge >= 0.3 is 0 Å². The summed E-state index contributed by atoms with van der Waals surface area (Å²) in [6, 6.07) is 11.8. The third-order valence-electron chi connectivity index (χ3n) is 2.62. The molecule has 0 fully saturated rings. The lowest BCUT2D eigenvalue weighted by atomic mass is 10.1. The number of hydrogen-bond acceptors (Lipinski definition) is 3. The summed E-state index contributed by atoms with van der Waals surface area (Å²) in [6.45, 7) is 0. The number of nitriles is 1. The molecule has 3 nitrogen and oxygen atoms in total. The van der Waals surface area contributed by atoms with Gasteiger partial charge in [0.15, 0.2) is 9.84 Å². The minimum atomic E-state index is -3.61. The van der Waals surface area contributed by atoms with Gasteiger partial charge in [0, 0.05) is 4.47 Å². The molecule has 0 N–H and O–H groups in total. The molecule has 0 radical (unpaired) electrons. The number of nitrogens with zero attached hydrogens (tertiary/aromatic N) is 1. The first kappa shape index (κ1) is 14.7. The van der Waals surface area contributed by atoms with Gasteiger partial charge in [-0.1, -0.05) is 12.1 Å². The second-order valence-electron chi connectivity index (χ2n) is 4.15. The number of benzene rings is 2. The van der Waals surface area contributed by atoms with Crippen LogP contribution in [0, 0.1) is 17.1 Å². The van der Waals surface area contributed by atoms with Crippen molar-refractivity contribution in [3.05, 3.63) is 63.9 Å². The molecule has 6 heteroatoms. The quantitative estimate of drug-likeness (QED) is 0.849. The summed E-state index contributed by atoms with van der Waals surface area (Å²) in [7, 11) is -3.61. The van der Waals surface area contributed by atoms with Crippen LogP contribution in [0.1, 0.15) is 11.1 Å². The molecule has 0 aliphatic rings. The van der Waals surface area contributed by atoms with Gasteiger partial charge in [-0.15, -0.1) is 0 Å². The highest BCUT2D eigenvalue weighted by Gasteiger charge is 2.18. The van der Waals surface area contributed by atoms with E-state index in [2.05, 4.69) is 15.9 Å². The summed E-state index contributed by atoms with van der Waals surface area (Å²) < 4.78 is 38.4. The van der Waals surface area contributed by atoms with Gasteiger partial charge in [0.25, 0.3) is 0 Å². The van der Waals surface area contributed by atoms with Crippen molar-refractivity contribution in [1.29, 1.82) is 5.26 Å². The first-order valence-corrected chi connectivity index (χ1v) is 8.04. The number of rotatable bonds is 3. The van der Waals surface area contributed by atoms with Gasteiger partial charge in [-0.3, -0.25) is 0 Å². The van der Waals surface area contributed by atoms with E-state index in [4.69, 9.17) is 5.26 Å². The lowest BCUT2D eigenvalue weighted by molar-refractivity contribution is 0.594. The molecule has 0 spiro atoms. The average molecular weight is 354 g/mol. The second-order valence-corrected chi connectivity index (χ2v) is 6.96. The summed E-state index contributed by atoms with van der Waals surface area (Å²) in [5, 5.41) is 8.77. The zero-order chi connectivity index (χ0) is 14.8. The zero-order valence-corrected chi connectivity index (χ0v) is 12.6. The van der Waals surface area contributed by atoms with E-state index in [1.807, 2.05) is 0 Å². The molecule has 2 rings (SSSR count). The molecule has 0 saturated carbocycles. The van der Waals surface area contributed by atoms with Crippen LogP contribution in [-0.2, 0) is 15.6 Å². The molecule has 2 aromatic carbocycles. The fraction of sp³-hybridized carbons (Fsp3) is 0.0714. The molecule has 20 heavy (non-hydrogen) atoms. The van der Waals surface area contributed by atoms with E-state index in [1.165, 1.54) is 12.1 Å². The van der Waals surface area contributed by atoms with Crippen molar-refractivity contribution in [2.45, 2.75) is 10.6 Å². The highest BCUT2D eigenvalue weighted by Crippen LogP contribution is 2.25. The van der Waals surface area contributed by atoms with Crippen LogP contribution in [0.15, 0.2) is 51.8 Å². The predicted octanol–water partition coefficient (Wildman–Crippen LogP) is 3.43. The third kappa shape index (κ3) is 3.24. The summed E-state index contributed by atoms with van der Waals surface area (Å²) in [5.41, 5.74) is 0.347. The van der Waals surface area contributed by atoms with Crippen LogP contribution in [0.2, 0.25) is 0 Å². The fourth-order valence-electron chi connectivity index (χ4n) is 1.79. The minimum Gasteiger partial charge on any atom is -0.223 e. The van der Waals surface area contributed by atoms with Crippen molar-refractivity contribution in [3.63, 3.8) is 0 Å². The molecular formula is C14H9BrFNO2S. The van der Waals surface area contributed by atoms with E-state index in [0.29, 0.717) is 4.47 Å². The van der Waals surface area contributed by atoms with Gasteiger partial charge in [0.2, 0.25) is 0 Å². The Morgan fingerprint density at radius 3 is 2.55 bits per heavy atom. The Labute approximate surface area is 124 Å². The molecule has 0 aliphatic carbocycles. The van der Waals surface area contributed by atoms with Gasteiger partial charge in [-0.05, 0) is 51.8 Å². The lowest BCUT2D eigenvalue weighted by Gasteiger charge is -2.07. The Morgan fingerprint density at radius 1 is 1.20 bits per heavy atom. The molecule has 0 aliphatic heterocycles. The SMILES string of the molecule is N#Cc1cc(F)cc(CS(=O)(=O)c2ccccc2Br)c1. The standard InChI is InChI=1S/C14H9BrFNO2S/c15-13-3-1-2-4-14(13)20(18,19)9-11-5-10(8-17)6-12(16)7-11/h1-7H,9H2. The van der Waals surface area contributed by atoms with Crippen LogP contribution in [0.4, 0.5) is 4.39 Å². The van der Waals surface area contributed by atoms with Crippen LogP contribution >= 0.6 is 15.9 Å². The zero-order valence-electron chi connectivity index (χ0n) is 10.2. The Balaban J connectivity index is 2.42. The smallest absolute Gasteiger partial charge is 0.183 e. The van der Waals surface area contributed by atoms with Crippen molar-refractivity contribution in [2.24, 2.45) is 0 Å². The van der Waals surface area contributed by atoms with E-state index in [0.717, 1.165) is 12.1 Å². The van der Waals surface area contributed by atoms with E-state index in [9.17, 15) is 12.8 Å². The Kier molecular flexibility index (Phi) is 4.21. The average Bonchev–Trinajstić information content (AvgIpc) is 2.37. The van der Waals surface area contributed by atoms with Crippen molar-refractivity contribution in [3.8, 4) is 6.07 Å². The molecule has 0 saturated heterocycles. The maximum atomic E-state index is 13.3. The molecule has 0 heterocycles. The molecule has 0 atom stereocenters. The normalized spacial score (nSPS) is 11.1. The first-order valence-electron chi connectivity index (χ1n) is 5.59. The molecule has 0 bridgehead atoms. The highest BCUT2D eigenvalue weighted by atomic mass is 79.9. The van der Waals surface area contributed by atoms with Crippen LogP contribution in [0.5, 0.6) is 0 Å². The van der Waals surface area contributed by atoms with Gasteiger partial charge in [0.05, 0.1) is 22.3 Å². The van der Waals surface area contributed by atoms with Crippen molar-refractivity contribution in [1.82, 2.24) is 0 Å². The maximum Gasteiger partial charge on any atom is 0.183 e. The highest BCUT2D eigenvalue weighted by molar-refractivity contribution is 9.10. The second kappa shape index (κ2) is 5.73. The summed E-state index contributed by atoms with van der Waals surface area (Å²) in [4.78, 5) is 0.141. The van der Waals surface area contributed by atoms with Gasteiger partial charge in [-0.2, -0.15) is 5.26 Å². The number of hydrogen-bond donors (Lipinski definition) is 0. The monoisotopic (exact) mass is 353 g/mol. The van der Waals surface area contributed by atoms with Gasteiger partial charge in [0.1, 0.15) is 5.82 Å². The molecule has 0 amide bonds. The van der Waals surface area contributed by atoms with Crippen LogP contribution in [0.25, 0.3) is 0 Å². The minimum absolute atomic E-state index is 0.0994. The number of halogens is 2. The largest absolute Gasteiger partial charge is 0.223 e. The fourth-order valence-corrected chi connectivity index (χ4v) is 4.23. The molecular weight excluding hydrogens is 345 g/mol. The van der Waals surface area contributed by atoms with Crippen LogP contribution < -0.4 is 0 Å². The van der Waals surface area contributed by atoms with Crippen molar-refractivity contribution < 1.29 is 12.8 Å². The maximum absolute atomic E-state index is 13.3. The van der Waals surface area contributed by atoms with E-state index >= 15 is 0 Å². The number of sulfone groups is 1. The molecule has 2 aromatic rings. The Morgan fingerprint density at radius 2 is 1.90 bits per heavy atom. The molecule has 0 aromatic heterocycles. The first-order chi connectivity index (χ1) is 9.42. The van der Waals surface area contributed by atoms with Gasteiger partial charge < -0.3 is 0 Å².